The lowest BCUT2D eigenvalue weighted by atomic mass is 10.1. The maximum absolute atomic E-state index is 12.3. The molecular weight excluding hydrogens is 408 g/mol. The van der Waals surface area contributed by atoms with E-state index in [9.17, 15) is 9.59 Å². The van der Waals surface area contributed by atoms with Gasteiger partial charge in [0.25, 0.3) is 0 Å². The van der Waals surface area contributed by atoms with E-state index in [1.54, 1.807) is 30.4 Å². The van der Waals surface area contributed by atoms with Crippen LogP contribution in [-0.2, 0) is 28.9 Å². The Labute approximate surface area is 187 Å². The zero-order chi connectivity index (χ0) is 22.2. The highest BCUT2D eigenvalue weighted by molar-refractivity contribution is 7.09. The van der Waals surface area contributed by atoms with E-state index in [1.165, 1.54) is 7.11 Å². The number of thiophene rings is 1. The highest BCUT2D eigenvalue weighted by Crippen LogP contribution is 2.20. The van der Waals surface area contributed by atoms with Crippen LogP contribution < -0.4 is 0 Å². The van der Waals surface area contributed by atoms with Gasteiger partial charge in [-0.3, -0.25) is 4.79 Å². The summed E-state index contributed by atoms with van der Waals surface area (Å²) in [5.74, 6) is 0.726. The zero-order valence-electron chi connectivity index (χ0n) is 18.3. The van der Waals surface area contributed by atoms with Gasteiger partial charge in [0.15, 0.2) is 5.78 Å². The summed E-state index contributed by atoms with van der Waals surface area (Å²) in [6.07, 6.45) is 7.46. The summed E-state index contributed by atoms with van der Waals surface area (Å²) in [4.78, 5) is 29.8. The number of hydrogen-bond acceptors (Lipinski definition) is 5. The van der Waals surface area contributed by atoms with Crippen molar-refractivity contribution in [1.82, 2.24) is 9.55 Å². The number of hydrogen-bond donors (Lipinski definition) is 0. The number of ether oxygens (including phenoxy) is 1. The summed E-state index contributed by atoms with van der Waals surface area (Å²) >= 11 is 1.65. The number of esters is 1. The van der Waals surface area contributed by atoms with Gasteiger partial charge >= 0.3 is 5.97 Å². The van der Waals surface area contributed by atoms with Gasteiger partial charge in [0.05, 0.1) is 24.6 Å². The second-order valence-corrected chi connectivity index (χ2v) is 8.49. The molecule has 0 radical (unpaired) electrons. The van der Waals surface area contributed by atoms with Gasteiger partial charge in [-0.1, -0.05) is 31.5 Å². The van der Waals surface area contributed by atoms with Crippen LogP contribution in [0, 0.1) is 0 Å². The molecule has 0 amide bonds. The minimum Gasteiger partial charge on any atom is -0.465 e. The summed E-state index contributed by atoms with van der Waals surface area (Å²) < 4.78 is 6.95. The number of unbranched alkanes of at least 4 members (excludes halogenated alkanes) is 1. The number of Topliss-reactive ketones (excluding diaryl/α,β-unsaturated/α-hetero) is 1. The number of benzene rings is 1. The summed E-state index contributed by atoms with van der Waals surface area (Å²) in [5, 5.41) is 2.03. The molecule has 0 N–H and O–H groups in total. The Balaban J connectivity index is 1.92. The molecule has 0 atom stereocenters. The van der Waals surface area contributed by atoms with Gasteiger partial charge in [0.1, 0.15) is 5.82 Å². The minimum atomic E-state index is -0.346. The number of nitrogens with zero attached hydrogens (tertiary/aromatic N) is 2. The van der Waals surface area contributed by atoms with E-state index in [0.717, 1.165) is 46.8 Å². The molecule has 0 unspecified atom stereocenters. The lowest BCUT2D eigenvalue weighted by molar-refractivity contribution is -0.113. The normalized spacial score (nSPS) is 11.5. The molecule has 0 aliphatic rings. The molecule has 2 heterocycles. The first-order chi connectivity index (χ1) is 15.0. The van der Waals surface area contributed by atoms with E-state index in [4.69, 9.17) is 4.74 Å². The molecule has 162 valence electrons. The van der Waals surface area contributed by atoms with Gasteiger partial charge in [-0.25, -0.2) is 9.78 Å². The molecule has 3 rings (SSSR count). The van der Waals surface area contributed by atoms with Gasteiger partial charge < -0.3 is 9.30 Å². The van der Waals surface area contributed by atoms with Crippen molar-refractivity contribution in [3.8, 4) is 0 Å². The maximum atomic E-state index is 12.3. The van der Waals surface area contributed by atoms with Crippen LogP contribution in [0.5, 0.6) is 0 Å². The predicted molar refractivity (Wildman–Crippen MR) is 124 cm³/mol. The third-order valence-corrected chi connectivity index (χ3v) is 6.03. The van der Waals surface area contributed by atoms with E-state index >= 15 is 0 Å². The molecule has 0 saturated heterocycles. The molecule has 0 bridgehead atoms. The second-order valence-electron chi connectivity index (χ2n) is 7.46. The molecule has 5 nitrogen and oxygen atoms in total. The Morgan fingerprint density at radius 3 is 2.58 bits per heavy atom. The summed E-state index contributed by atoms with van der Waals surface area (Å²) in [5.41, 5.74) is 3.27. The number of ketones is 1. The van der Waals surface area contributed by atoms with Crippen molar-refractivity contribution in [2.45, 2.75) is 46.1 Å². The first-order valence-corrected chi connectivity index (χ1v) is 11.3. The zero-order valence-corrected chi connectivity index (χ0v) is 19.1. The van der Waals surface area contributed by atoms with E-state index in [0.29, 0.717) is 18.5 Å². The van der Waals surface area contributed by atoms with Gasteiger partial charge in [-0.2, -0.15) is 0 Å². The van der Waals surface area contributed by atoms with Crippen molar-refractivity contribution in [3.63, 3.8) is 0 Å². The fourth-order valence-electron chi connectivity index (χ4n) is 3.36. The highest BCUT2D eigenvalue weighted by Gasteiger charge is 2.13. The monoisotopic (exact) mass is 436 g/mol. The summed E-state index contributed by atoms with van der Waals surface area (Å²) in [6.45, 7) is 4.40. The van der Waals surface area contributed by atoms with Gasteiger partial charge in [-0.05, 0) is 48.6 Å². The first kappa shape index (κ1) is 22.7. The molecule has 0 aliphatic heterocycles. The highest BCUT2D eigenvalue weighted by atomic mass is 32.1. The Bertz CT molecular complexity index is 1050. The van der Waals surface area contributed by atoms with Crippen LogP contribution in [0.3, 0.4) is 0 Å². The summed E-state index contributed by atoms with van der Waals surface area (Å²) in [7, 11) is 1.38. The summed E-state index contributed by atoms with van der Waals surface area (Å²) in [6, 6.07) is 11.5. The Morgan fingerprint density at radius 2 is 1.97 bits per heavy atom. The van der Waals surface area contributed by atoms with Crippen LogP contribution in [0.4, 0.5) is 0 Å². The second kappa shape index (κ2) is 10.9. The molecule has 0 aliphatic carbocycles. The molecule has 3 aromatic rings. The number of carbonyl (C=O) groups is 2. The number of methoxy groups -OCH3 is 1. The molecular formula is C25H28N2O3S. The standard InChI is InChI=1S/C25H28N2O3S/c1-4-5-8-24-26-16-22(14-21(18(2)28)15-23-7-6-13-31-23)27(24)17-19-9-11-20(12-10-19)25(29)30-3/h6-7,9-14,16H,4-5,8,15,17H2,1-3H3/b21-14+. The maximum Gasteiger partial charge on any atom is 0.337 e. The molecule has 31 heavy (non-hydrogen) atoms. The van der Waals surface area contributed by atoms with Crippen molar-refractivity contribution in [2.75, 3.05) is 7.11 Å². The molecule has 2 aromatic heterocycles. The molecule has 0 saturated carbocycles. The quantitative estimate of drug-likeness (QED) is 0.318. The number of aryl methyl sites for hydroxylation is 1. The third kappa shape index (κ3) is 6.01. The van der Waals surface area contributed by atoms with Crippen LogP contribution in [0.25, 0.3) is 6.08 Å². The van der Waals surface area contributed by atoms with Crippen LogP contribution in [0.1, 0.15) is 59.0 Å². The fourth-order valence-corrected chi connectivity index (χ4v) is 4.09. The Hall–Kier alpha value is -2.99. The lowest BCUT2D eigenvalue weighted by Gasteiger charge is -2.12. The van der Waals surface area contributed by atoms with Crippen molar-refractivity contribution in [3.05, 3.63) is 81.1 Å². The molecule has 0 fully saturated rings. The van der Waals surface area contributed by atoms with Crippen molar-refractivity contribution in [2.24, 2.45) is 0 Å². The van der Waals surface area contributed by atoms with E-state index in [1.807, 2.05) is 41.9 Å². The molecule has 0 spiro atoms. The van der Waals surface area contributed by atoms with Crippen molar-refractivity contribution in [1.29, 1.82) is 0 Å². The fraction of sp³-hybridized carbons (Fsp3) is 0.320. The first-order valence-electron chi connectivity index (χ1n) is 10.5. The average molecular weight is 437 g/mol. The van der Waals surface area contributed by atoms with Gasteiger partial charge in [0, 0.05) is 29.8 Å². The van der Waals surface area contributed by atoms with Crippen LogP contribution in [0.2, 0.25) is 0 Å². The predicted octanol–water partition coefficient (Wildman–Crippen LogP) is 5.34. The van der Waals surface area contributed by atoms with Crippen molar-refractivity contribution >= 4 is 29.2 Å². The van der Waals surface area contributed by atoms with E-state index < -0.39 is 0 Å². The van der Waals surface area contributed by atoms with Crippen LogP contribution in [-0.4, -0.2) is 28.4 Å². The number of imidazole rings is 1. The number of rotatable bonds is 10. The minimum absolute atomic E-state index is 0.0682. The van der Waals surface area contributed by atoms with E-state index in [2.05, 4.69) is 16.5 Å². The number of aromatic nitrogens is 2. The van der Waals surface area contributed by atoms with Gasteiger partial charge in [-0.15, -0.1) is 11.3 Å². The average Bonchev–Trinajstić information content (AvgIpc) is 3.42. The van der Waals surface area contributed by atoms with Crippen LogP contribution >= 0.6 is 11.3 Å². The SMILES string of the molecule is CCCCc1ncc(/C=C(\Cc2cccs2)C(C)=O)n1Cc1ccc(C(=O)OC)cc1. The topological polar surface area (TPSA) is 61.2 Å². The largest absolute Gasteiger partial charge is 0.465 e. The van der Waals surface area contributed by atoms with Crippen molar-refractivity contribution < 1.29 is 14.3 Å². The Kier molecular flexibility index (Phi) is 7.95. The number of allylic oxidation sites excluding steroid dienone is 1. The smallest absolute Gasteiger partial charge is 0.337 e. The lowest BCUT2D eigenvalue weighted by Crippen LogP contribution is -2.09. The Morgan fingerprint density at radius 1 is 1.19 bits per heavy atom. The third-order valence-electron chi connectivity index (χ3n) is 5.16. The molecule has 6 heteroatoms. The number of carbonyl (C=O) groups excluding carboxylic acids is 2. The van der Waals surface area contributed by atoms with E-state index in [-0.39, 0.29) is 11.8 Å². The van der Waals surface area contributed by atoms with Gasteiger partial charge in [0.2, 0.25) is 0 Å². The van der Waals surface area contributed by atoms with Crippen LogP contribution in [0.15, 0.2) is 53.5 Å². The molecule has 1 aromatic carbocycles.